The Balaban J connectivity index is 2.76. The smallest absolute Gasteiger partial charge is 0.340 e. The van der Waals surface area contributed by atoms with Gasteiger partial charge in [-0.25, -0.2) is 4.79 Å². The molecule has 0 aromatic heterocycles. The standard InChI is InChI=1S/C14H17ClO3S/c1-14(2,3)12(16)8-18-13(17)10-7-9(19-4)5-6-11(10)15/h5-7H,8H2,1-4H3. The molecule has 0 aliphatic carbocycles. The van der Waals surface area contributed by atoms with E-state index in [0.29, 0.717) is 5.02 Å². The predicted molar refractivity (Wildman–Crippen MR) is 78.0 cm³/mol. The summed E-state index contributed by atoms with van der Waals surface area (Å²) in [5.41, 5.74) is -0.235. The Labute approximate surface area is 122 Å². The van der Waals surface area contributed by atoms with Crippen molar-refractivity contribution in [1.29, 1.82) is 0 Å². The van der Waals surface area contributed by atoms with Crippen LogP contribution in [0.4, 0.5) is 0 Å². The maximum Gasteiger partial charge on any atom is 0.340 e. The predicted octanol–water partition coefficient (Wildman–Crippen LogP) is 3.83. The van der Waals surface area contributed by atoms with Crippen LogP contribution < -0.4 is 0 Å². The lowest BCUT2D eigenvalue weighted by Gasteiger charge is -2.16. The monoisotopic (exact) mass is 300 g/mol. The minimum absolute atomic E-state index is 0.127. The highest BCUT2D eigenvalue weighted by Gasteiger charge is 2.23. The first kappa shape index (κ1) is 16.1. The van der Waals surface area contributed by atoms with Crippen LogP contribution in [0.5, 0.6) is 0 Å². The molecule has 0 saturated carbocycles. The molecule has 1 aromatic rings. The van der Waals surface area contributed by atoms with Crippen molar-refractivity contribution in [2.45, 2.75) is 25.7 Å². The lowest BCUT2D eigenvalue weighted by Crippen LogP contribution is -2.26. The van der Waals surface area contributed by atoms with Gasteiger partial charge in [-0.15, -0.1) is 11.8 Å². The second-order valence-electron chi connectivity index (χ2n) is 5.10. The van der Waals surface area contributed by atoms with Gasteiger partial charge in [0.05, 0.1) is 10.6 Å². The molecule has 0 heterocycles. The molecule has 0 atom stereocenters. The summed E-state index contributed by atoms with van der Waals surface area (Å²) in [6.07, 6.45) is 1.90. The molecule has 0 unspecified atom stereocenters. The summed E-state index contributed by atoms with van der Waals surface area (Å²) < 4.78 is 5.01. The molecule has 0 N–H and O–H groups in total. The number of rotatable bonds is 4. The van der Waals surface area contributed by atoms with E-state index in [1.54, 1.807) is 32.9 Å². The van der Waals surface area contributed by atoms with E-state index in [9.17, 15) is 9.59 Å². The van der Waals surface area contributed by atoms with Crippen LogP contribution in [-0.2, 0) is 9.53 Å². The van der Waals surface area contributed by atoms with E-state index in [4.69, 9.17) is 16.3 Å². The molecule has 0 aliphatic rings. The van der Waals surface area contributed by atoms with Crippen molar-refractivity contribution in [2.24, 2.45) is 5.41 Å². The molecule has 104 valence electrons. The first-order valence-electron chi connectivity index (χ1n) is 5.79. The summed E-state index contributed by atoms with van der Waals surface area (Å²) in [5, 5.41) is 0.325. The fourth-order valence-corrected chi connectivity index (χ4v) is 1.85. The number of esters is 1. The largest absolute Gasteiger partial charge is 0.454 e. The zero-order chi connectivity index (χ0) is 14.6. The molecule has 0 saturated heterocycles. The molecule has 5 heteroatoms. The quantitative estimate of drug-likeness (QED) is 0.626. The van der Waals surface area contributed by atoms with Crippen molar-refractivity contribution >= 4 is 35.1 Å². The summed E-state index contributed by atoms with van der Waals surface area (Å²) in [7, 11) is 0. The molecule has 1 rings (SSSR count). The average molecular weight is 301 g/mol. The van der Waals surface area contributed by atoms with E-state index in [-0.39, 0.29) is 18.0 Å². The fraction of sp³-hybridized carbons (Fsp3) is 0.429. The third-order valence-corrected chi connectivity index (χ3v) is 3.62. The number of hydrogen-bond acceptors (Lipinski definition) is 4. The Bertz CT molecular complexity index is 492. The maximum absolute atomic E-state index is 11.9. The number of Topliss-reactive ketones (excluding diaryl/α,β-unsaturated/α-hetero) is 1. The van der Waals surface area contributed by atoms with E-state index in [2.05, 4.69) is 0 Å². The van der Waals surface area contributed by atoms with Crippen molar-refractivity contribution in [3.8, 4) is 0 Å². The second kappa shape index (κ2) is 6.44. The maximum atomic E-state index is 11.9. The summed E-state index contributed by atoms with van der Waals surface area (Å²) in [5.74, 6) is -0.698. The lowest BCUT2D eigenvalue weighted by atomic mass is 9.91. The summed E-state index contributed by atoms with van der Waals surface area (Å²) in [6, 6.07) is 5.14. The lowest BCUT2D eigenvalue weighted by molar-refractivity contribution is -0.129. The molecule has 0 amide bonds. The number of ketones is 1. The normalized spacial score (nSPS) is 11.2. The molecule has 3 nitrogen and oxygen atoms in total. The molecule has 0 radical (unpaired) electrons. The number of carbonyl (C=O) groups is 2. The van der Waals surface area contributed by atoms with Crippen LogP contribution in [-0.4, -0.2) is 24.6 Å². The van der Waals surface area contributed by atoms with Crippen LogP contribution in [0.1, 0.15) is 31.1 Å². The van der Waals surface area contributed by atoms with Gasteiger partial charge in [-0.2, -0.15) is 0 Å². The van der Waals surface area contributed by atoms with E-state index in [0.717, 1.165) is 4.90 Å². The van der Waals surface area contributed by atoms with Crippen LogP contribution >= 0.6 is 23.4 Å². The Morgan fingerprint density at radius 2 is 1.95 bits per heavy atom. The van der Waals surface area contributed by atoms with Crippen molar-refractivity contribution in [3.05, 3.63) is 28.8 Å². The SMILES string of the molecule is CSc1ccc(Cl)c(C(=O)OCC(=O)C(C)(C)C)c1. The van der Waals surface area contributed by atoms with Gasteiger partial charge in [-0.05, 0) is 24.5 Å². The topological polar surface area (TPSA) is 43.4 Å². The van der Waals surface area contributed by atoms with E-state index >= 15 is 0 Å². The van der Waals surface area contributed by atoms with Crippen LogP contribution in [0.25, 0.3) is 0 Å². The third kappa shape index (κ3) is 4.55. The van der Waals surface area contributed by atoms with Gasteiger partial charge < -0.3 is 4.74 Å². The van der Waals surface area contributed by atoms with E-state index < -0.39 is 11.4 Å². The number of ether oxygens (including phenoxy) is 1. The number of halogens is 1. The van der Waals surface area contributed by atoms with E-state index in [1.165, 1.54) is 11.8 Å². The molecule has 0 spiro atoms. The van der Waals surface area contributed by atoms with Gasteiger partial charge in [0.15, 0.2) is 12.4 Å². The van der Waals surface area contributed by atoms with Gasteiger partial charge in [0, 0.05) is 10.3 Å². The second-order valence-corrected chi connectivity index (χ2v) is 6.38. The van der Waals surface area contributed by atoms with Gasteiger partial charge in [0.25, 0.3) is 0 Å². The zero-order valence-corrected chi connectivity index (χ0v) is 13.0. The molecule has 1 aromatic carbocycles. The highest BCUT2D eigenvalue weighted by Crippen LogP contribution is 2.24. The third-order valence-electron chi connectivity index (χ3n) is 2.56. The first-order chi connectivity index (χ1) is 8.75. The minimum atomic E-state index is -0.571. The highest BCUT2D eigenvalue weighted by atomic mass is 35.5. The Kier molecular flexibility index (Phi) is 5.44. The summed E-state index contributed by atoms with van der Waals surface area (Å²) in [4.78, 5) is 24.5. The molecular weight excluding hydrogens is 284 g/mol. The van der Waals surface area contributed by atoms with Crippen molar-refractivity contribution < 1.29 is 14.3 Å². The Morgan fingerprint density at radius 3 is 2.47 bits per heavy atom. The minimum Gasteiger partial charge on any atom is -0.454 e. The van der Waals surface area contributed by atoms with Crippen molar-refractivity contribution in [1.82, 2.24) is 0 Å². The van der Waals surface area contributed by atoms with Gasteiger partial charge in [0.1, 0.15) is 0 Å². The summed E-state index contributed by atoms with van der Waals surface area (Å²) >= 11 is 7.46. The van der Waals surface area contributed by atoms with Crippen LogP contribution in [0.2, 0.25) is 5.02 Å². The van der Waals surface area contributed by atoms with Crippen LogP contribution in [0.15, 0.2) is 23.1 Å². The average Bonchev–Trinajstić information content (AvgIpc) is 2.34. The summed E-state index contributed by atoms with van der Waals surface area (Å²) in [6.45, 7) is 5.11. The van der Waals surface area contributed by atoms with Gasteiger partial charge in [0.2, 0.25) is 0 Å². The van der Waals surface area contributed by atoms with Gasteiger partial charge in [-0.1, -0.05) is 32.4 Å². The van der Waals surface area contributed by atoms with Crippen LogP contribution in [0, 0.1) is 5.41 Å². The first-order valence-corrected chi connectivity index (χ1v) is 7.40. The fourth-order valence-electron chi connectivity index (χ4n) is 1.21. The molecule has 0 fully saturated rings. The molecular formula is C14H17ClO3S. The number of benzene rings is 1. The van der Waals surface area contributed by atoms with Crippen molar-refractivity contribution in [2.75, 3.05) is 12.9 Å². The van der Waals surface area contributed by atoms with Gasteiger partial charge in [-0.3, -0.25) is 4.79 Å². The zero-order valence-electron chi connectivity index (χ0n) is 11.5. The van der Waals surface area contributed by atoms with Crippen LogP contribution in [0.3, 0.4) is 0 Å². The Morgan fingerprint density at radius 1 is 1.32 bits per heavy atom. The Hall–Kier alpha value is -1.00. The van der Waals surface area contributed by atoms with Gasteiger partial charge >= 0.3 is 5.97 Å². The van der Waals surface area contributed by atoms with E-state index in [1.807, 2.05) is 12.3 Å². The van der Waals surface area contributed by atoms with Crippen molar-refractivity contribution in [3.63, 3.8) is 0 Å². The number of hydrogen-bond donors (Lipinski definition) is 0. The molecule has 19 heavy (non-hydrogen) atoms. The highest BCUT2D eigenvalue weighted by molar-refractivity contribution is 7.98. The molecule has 0 bridgehead atoms. The number of carbonyl (C=O) groups excluding carboxylic acids is 2. The number of thioether (sulfide) groups is 1. The molecule has 0 aliphatic heterocycles.